The fraction of sp³-hybridized carbons (Fsp3) is 0.105. The summed E-state index contributed by atoms with van der Waals surface area (Å²) in [6, 6.07) is 11.8. The van der Waals surface area contributed by atoms with Gasteiger partial charge in [-0.3, -0.25) is 14.2 Å². The maximum Gasteiger partial charge on any atom is 0.270 e. The van der Waals surface area contributed by atoms with Gasteiger partial charge in [-0.2, -0.15) is 0 Å². The van der Waals surface area contributed by atoms with E-state index in [0.717, 1.165) is 16.8 Å². The standard InChI is InChI=1S/C19H16N4OS/c1-13-18(23-7-3-2-6-17(23)22-13)19(24)21-11-14-9-15(12-20-10-14)16-5-4-8-25-16/h2-10,12H,11H2,1H3,(H,21,24). The van der Waals surface area contributed by atoms with Crippen molar-refractivity contribution in [3.63, 3.8) is 0 Å². The lowest BCUT2D eigenvalue weighted by atomic mass is 10.2. The Labute approximate surface area is 149 Å². The number of rotatable bonds is 4. The molecule has 0 aliphatic rings. The van der Waals surface area contributed by atoms with Crippen molar-refractivity contribution in [1.82, 2.24) is 19.7 Å². The van der Waals surface area contributed by atoms with E-state index in [1.165, 1.54) is 4.88 Å². The smallest absolute Gasteiger partial charge is 0.270 e. The monoisotopic (exact) mass is 348 g/mol. The van der Waals surface area contributed by atoms with Crippen LogP contribution in [0, 0.1) is 6.92 Å². The van der Waals surface area contributed by atoms with Gasteiger partial charge in [-0.15, -0.1) is 11.3 Å². The maximum atomic E-state index is 12.6. The minimum Gasteiger partial charge on any atom is -0.347 e. The first-order chi connectivity index (χ1) is 12.2. The molecular formula is C19H16N4OS. The number of nitrogens with one attached hydrogen (secondary N) is 1. The molecule has 4 heterocycles. The molecule has 6 heteroatoms. The normalized spacial score (nSPS) is 10.9. The topological polar surface area (TPSA) is 59.3 Å². The fourth-order valence-corrected chi connectivity index (χ4v) is 3.52. The van der Waals surface area contributed by atoms with E-state index >= 15 is 0 Å². The Hall–Kier alpha value is -2.99. The zero-order chi connectivity index (χ0) is 17.2. The predicted octanol–water partition coefficient (Wildman–Crippen LogP) is 3.70. The van der Waals surface area contributed by atoms with Gasteiger partial charge in [0, 0.05) is 35.6 Å². The Morgan fingerprint density at radius 2 is 2.16 bits per heavy atom. The predicted molar refractivity (Wildman–Crippen MR) is 98.6 cm³/mol. The van der Waals surface area contributed by atoms with Crippen LogP contribution in [0.3, 0.4) is 0 Å². The number of nitrogens with zero attached hydrogens (tertiary/aromatic N) is 3. The first-order valence-corrected chi connectivity index (χ1v) is 8.80. The van der Waals surface area contributed by atoms with Gasteiger partial charge in [-0.05, 0) is 42.1 Å². The summed E-state index contributed by atoms with van der Waals surface area (Å²) in [5.74, 6) is -0.141. The Morgan fingerprint density at radius 1 is 1.24 bits per heavy atom. The molecule has 0 aliphatic carbocycles. The Bertz CT molecular complexity index is 1040. The molecule has 0 atom stereocenters. The second kappa shape index (κ2) is 6.49. The highest BCUT2D eigenvalue weighted by Gasteiger charge is 2.16. The van der Waals surface area contributed by atoms with Gasteiger partial charge in [0.2, 0.25) is 0 Å². The minimum atomic E-state index is -0.141. The lowest BCUT2D eigenvalue weighted by Crippen LogP contribution is -2.25. The molecule has 0 bridgehead atoms. The van der Waals surface area contributed by atoms with Crippen LogP contribution in [0.5, 0.6) is 0 Å². The average Bonchev–Trinajstić information content (AvgIpc) is 3.27. The highest BCUT2D eigenvalue weighted by molar-refractivity contribution is 7.13. The second-order valence-corrected chi connectivity index (χ2v) is 6.66. The molecule has 1 amide bonds. The fourth-order valence-electron chi connectivity index (χ4n) is 2.81. The van der Waals surface area contributed by atoms with Crippen LogP contribution in [0.15, 0.2) is 60.4 Å². The van der Waals surface area contributed by atoms with Gasteiger partial charge >= 0.3 is 0 Å². The van der Waals surface area contributed by atoms with Crippen LogP contribution in [0.4, 0.5) is 0 Å². The summed E-state index contributed by atoms with van der Waals surface area (Å²) < 4.78 is 1.81. The van der Waals surface area contributed by atoms with E-state index in [4.69, 9.17) is 0 Å². The molecule has 4 aromatic heterocycles. The lowest BCUT2D eigenvalue weighted by Gasteiger charge is -2.07. The Morgan fingerprint density at radius 3 is 3.00 bits per heavy atom. The number of hydrogen-bond donors (Lipinski definition) is 1. The molecule has 0 spiro atoms. The number of carbonyl (C=O) groups excluding carboxylic acids is 1. The Kier molecular flexibility index (Phi) is 4.03. The zero-order valence-electron chi connectivity index (χ0n) is 13.6. The molecule has 0 unspecified atom stereocenters. The van der Waals surface area contributed by atoms with Crippen LogP contribution in [0.25, 0.3) is 16.1 Å². The van der Waals surface area contributed by atoms with E-state index < -0.39 is 0 Å². The van der Waals surface area contributed by atoms with Crippen molar-refractivity contribution in [1.29, 1.82) is 0 Å². The molecule has 1 N–H and O–H groups in total. The van der Waals surface area contributed by atoms with Crippen molar-refractivity contribution in [2.75, 3.05) is 0 Å². The van der Waals surface area contributed by atoms with Crippen LogP contribution >= 0.6 is 11.3 Å². The quantitative estimate of drug-likeness (QED) is 0.612. The summed E-state index contributed by atoms with van der Waals surface area (Å²) in [7, 11) is 0. The number of pyridine rings is 2. The van der Waals surface area contributed by atoms with E-state index in [0.29, 0.717) is 17.9 Å². The summed E-state index contributed by atoms with van der Waals surface area (Å²) in [5.41, 5.74) is 4.08. The third kappa shape index (κ3) is 3.04. The van der Waals surface area contributed by atoms with Gasteiger partial charge in [0.05, 0.1) is 5.69 Å². The van der Waals surface area contributed by atoms with Gasteiger partial charge in [-0.1, -0.05) is 12.1 Å². The molecule has 0 fully saturated rings. The van der Waals surface area contributed by atoms with Crippen LogP contribution in [0.2, 0.25) is 0 Å². The van der Waals surface area contributed by atoms with E-state index in [-0.39, 0.29) is 5.91 Å². The van der Waals surface area contributed by atoms with Gasteiger partial charge in [0.25, 0.3) is 5.91 Å². The van der Waals surface area contributed by atoms with Crippen molar-refractivity contribution in [3.8, 4) is 10.4 Å². The third-order valence-corrected chi connectivity index (χ3v) is 4.89. The SMILES string of the molecule is Cc1nc2ccccn2c1C(=O)NCc1cncc(-c2cccs2)c1. The van der Waals surface area contributed by atoms with E-state index in [1.807, 2.05) is 53.4 Å². The van der Waals surface area contributed by atoms with Gasteiger partial charge in [0.15, 0.2) is 0 Å². The third-order valence-electron chi connectivity index (χ3n) is 3.97. The van der Waals surface area contributed by atoms with E-state index in [1.54, 1.807) is 17.5 Å². The van der Waals surface area contributed by atoms with Crippen molar-refractivity contribution >= 4 is 22.9 Å². The highest BCUT2D eigenvalue weighted by Crippen LogP contribution is 2.24. The molecule has 4 aromatic rings. The number of amides is 1. The lowest BCUT2D eigenvalue weighted by molar-refractivity contribution is 0.0944. The largest absolute Gasteiger partial charge is 0.347 e. The van der Waals surface area contributed by atoms with Crippen LogP contribution in [-0.2, 0) is 6.54 Å². The molecule has 5 nitrogen and oxygen atoms in total. The van der Waals surface area contributed by atoms with Gasteiger partial charge in [-0.25, -0.2) is 4.98 Å². The first kappa shape index (κ1) is 15.5. The summed E-state index contributed by atoms with van der Waals surface area (Å²) in [6.07, 6.45) is 5.47. The number of thiophene rings is 1. The second-order valence-electron chi connectivity index (χ2n) is 5.72. The Balaban J connectivity index is 1.54. The molecule has 0 saturated carbocycles. The number of hydrogen-bond acceptors (Lipinski definition) is 4. The van der Waals surface area contributed by atoms with E-state index in [2.05, 4.69) is 27.4 Å². The molecular weight excluding hydrogens is 332 g/mol. The highest BCUT2D eigenvalue weighted by atomic mass is 32.1. The van der Waals surface area contributed by atoms with Crippen LogP contribution in [0.1, 0.15) is 21.7 Å². The summed E-state index contributed by atoms with van der Waals surface area (Å²) in [5, 5.41) is 5.01. The van der Waals surface area contributed by atoms with Crippen molar-refractivity contribution in [2.45, 2.75) is 13.5 Å². The number of fused-ring (bicyclic) bond motifs is 1. The molecule has 124 valence electrons. The molecule has 0 aliphatic heterocycles. The van der Waals surface area contributed by atoms with Gasteiger partial charge in [0.1, 0.15) is 11.3 Å². The van der Waals surface area contributed by atoms with Crippen LogP contribution in [-0.4, -0.2) is 20.3 Å². The number of aryl methyl sites for hydroxylation is 1. The van der Waals surface area contributed by atoms with Gasteiger partial charge < -0.3 is 5.32 Å². The average molecular weight is 348 g/mol. The van der Waals surface area contributed by atoms with Crippen molar-refractivity contribution in [3.05, 3.63) is 77.3 Å². The van der Waals surface area contributed by atoms with E-state index in [9.17, 15) is 4.79 Å². The molecule has 25 heavy (non-hydrogen) atoms. The van der Waals surface area contributed by atoms with Crippen LogP contribution < -0.4 is 5.32 Å². The first-order valence-electron chi connectivity index (χ1n) is 7.92. The summed E-state index contributed by atoms with van der Waals surface area (Å²) in [4.78, 5) is 22.5. The maximum absolute atomic E-state index is 12.6. The zero-order valence-corrected chi connectivity index (χ0v) is 14.5. The number of carbonyl (C=O) groups is 1. The number of imidazole rings is 1. The summed E-state index contributed by atoms with van der Waals surface area (Å²) in [6.45, 7) is 2.27. The minimum absolute atomic E-state index is 0.141. The molecule has 0 saturated heterocycles. The van der Waals surface area contributed by atoms with Crippen molar-refractivity contribution in [2.24, 2.45) is 0 Å². The number of aromatic nitrogens is 3. The molecule has 0 aromatic carbocycles. The summed E-state index contributed by atoms with van der Waals surface area (Å²) >= 11 is 1.67. The van der Waals surface area contributed by atoms with Crippen molar-refractivity contribution < 1.29 is 4.79 Å². The molecule has 4 rings (SSSR count). The molecule has 0 radical (unpaired) electrons.